The summed E-state index contributed by atoms with van der Waals surface area (Å²) in [4.78, 5) is 0. The van der Waals surface area contributed by atoms with Gasteiger partial charge in [0.05, 0.1) is 13.2 Å². The van der Waals surface area contributed by atoms with Crippen LogP contribution in [-0.4, -0.2) is 19.3 Å². The minimum atomic E-state index is -3.29. The molecule has 1 aliphatic carbocycles. The molecule has 0 amide bonds. The van der Waals surface area contributed by atoms with E-state index in [-0.39, 0.29) is 0 Å². The van der Waals surface area contributed by atoms with Crippen LogP contribution in [0.3, 0.4) is 0 Å². The van der Waals surface area contributed by atoms with Crippen molar-refractivity contribution >= 4 is 19.2 Å². The van der Waals surface area contributed by atoms with Crippen LogP contribution in [0.5, 0.6) is 0 Å². The van der Waals surface area contributed by atoms with E-state index in [1.807, 2.05) is 38.1 Å². The van der Waals surface area contributed by atoms with Crippen molar-refractivity contribution in [1.29, 1.82) is 0 Å². The Bertz CT molecular complexity index is 507. The molecule has 0 aliphatic heterocycles. The third-order valence-corrected chi connectivity index (χ3v) is 6.69. The van der Waals surface area contributed by atoms with Gasteiger partial charge in [0.15, 0.2) is 0 Å². The van der Waals surface area contributed by atoms with Crippen molar-refractivity contribution in [2.24, 2.45) is 0 Å². The van der Waals surface area contributed by atoms with Crippen LogP contribution < -0.4 is 5.32 Å². The van der Waals surface area contributed by atoms with Crippen LogP contribution in [0.4, 0.5) is 0 Å². The van der Waals surface area contributed by atoms with Gasteiger partial charge in [-0.05, 0) is 44.4 Å². The normalized spacial score (nSPS) is 18.0. The van der Waals surface area contributed by atoms with Gasteiger partial charge in [0.2, 0.25) is 0 Å². The molecule has 0 radical (unpaired) electrons. The number of nitrogens with one attached hydrogen (secondary N) is 1. The predicted octanol–water partition coefficient (Wildman–Crippen LogP) is 5.53. The Kier molecular flexibility index (Phi) is 7.58. The second kappa shape index (κ2) is 9.19. The highest BCUT2D eigenvalue weighted by molar-refractivity contribution is 7.54. The zero-order valence-electron chi connectivity index (χ0n) is 14.0. The molecule has 0 bridgehead atoms. The van der Waals surface area contributed by atoms with Crippen LogP contribution in [0.1, 0.15) is 57.3 Å². The van der Waals surface area contributed by atoms with E-state index >= 15 is 0 Å². The minimum absolute atomic E-state index is 0.346. The van der Waals surface area contributed by atoms with Crippen molar-refractivity contribution in [2.45, 2.75) is 57.8 Å². The minimum Gasteiger partial charge on any atom is -0.308 e. The average Bonchev–Trinajstić information content (AvgIpc) is 2.55. The van der Waals surface area contributed by atoms with E-state index in [0.29, 0.717) is 24.3 Å². The first-order valence-electron chi connectivity index (χ1n) is 8.49. The zero-order valence-corrected chi connectivity index (χ0v) is 15.6. The highest BCUT2D eigenvalue weighted by Gasteiger charge is 2.38. The first kappa shape index (κ1) is 19.0. The van der Waals surface area contributed by atoms with E-state index in [9.17, 15) is 4.57 Å². The lowest BCUT2D eigenvalue weighted by Crippen LogP contribution is -2.35. The zero-order chi connectivity index (χ0) is 16.7. The van der Waals surface area contributed by atoms with Gasteiger partial charge in [0.25, 0.3) is 0 Å². The van der Waals surface area contributed by atoms with E-state index in [1.54, 1.807) is 0 Å². The highest BCUT2D eigenvalue weighted by atomic mass is 35.5. The molecule has 6 heteroatoms. The van der Waals surface area contributed by atoms with Gasteiger partial charge in [-0.1, -0.05) is 43.0 Å². The molecule has 1 fully saturated rings. The van der Waals surface area contributed by atoms with Gasteiger partial charge in [-0.15, -0.1) is 0 Å². The largest absolute Gasteiger partial charge is 0.351 e. The molecule has 1 saturated carbocycles. The van der Waals surface area contributed by atoms with Gasteiger partial charge >= 0.3 is 7.60 Å². The van der Waals surface area contributed by atoms with Crippen molar-refractivity contribution < 1.29 is 13.6 Å². The van der Waals surface area contributed by atoms with Crippen LogP contribution in [0, 0.1) is 0 Å². The van der Waals surface area contributed by atoms with Crippen LogP contribution in [0.15, 0.2) is 24.3 Å². The Morgan fingerprint density at radius 3 is 2.22 bits per heavy atom. The standard InChI is InChI=1S/C17H27ClNO3P/c1-3-21-23(20,22-4-2)17(14-10-12-15(18)13-11-14)19-16-8-6-5-7-9-16/h10-13,16-17,19H,3-9H2,1-2H3/t17-/m0/s1. The summed E-state index contributed by atoms with van der Waals surface area (Å²) in [5.74, 6) is -0.456. The van der Waals surface area contributed by atoms with E-state index in [1.165, 1.54) is 19.3 Å². The Labute approximate surface area is 144 Å². The molecule has 130 valence electrons. The summed E-state index contributed by atoms with van der Waals surface area (Å²) in [6, 6.07) is 7.77. The third kappa shape index (κ3) is 5.30. The molecule has 1 N–H and O–H groups in total. The fourth-order valence-electron chi connectivity index (χ4n) is 3.05. The fourth-order valence-corrected chi connectivity index (χ4v) is 5.20. The molecule has 1 aliphatic rings. The summed E-state index contributed by atoms with van der Waals surface area (Å²) in [6.07, 6.45) is 5.89. The molecule has 2 rings (SSSR count). The lowest BCUT2D eigenvalue weighted by molar-refractivity contribution is 0.202. The van der Waals surface area contributed by atoms with Crippen LogP contribution in [0.25, 0.3) is 0 Å². The topological polar surface area (TPSA) is 47.6 Å². The SMILES string of the molecule is CCOP(=O)(OCC)[C@H](NC1CCCCC1)c1ccc(Cl)cc1. The van der Waals surface area contributed by atoms with Crippen molar-refractivity contribution in [2.75, 3.05) is 13.2 Å². The maximum absolute atomic E-state index is 13.3. The molecule has 23 heavy (non-hydrogen) atoms. The monoisotopic (exact) mass is 359 g/mol. The van der Waals surface area contributed by atoms with Gasteiger partial charge in [0.1, 0.15) is 5.78 Å². The van der Waals surface area contributed by atoms with Crippen LogP contribution >= 0.6 is 19.2 Å². The molecule has 1 aromatic carbocycles. The van der Waals surface area contributed by atoms with E-state index in [4.69, 9.17) is 20.6 Å². The second-order valence-corrected chi connectivity index (χ2v) is 8.38. The van der Waals surface area contributed by atoms with E-state index in [2.05, 4.69) is 5.32 Å². The van der Waals surface area contributed by atoms with Gasteiger partial charge in [-0.3, -0.25) is 9.88 Å². The summed E-state index contributed by atoms with van der Waals surface area (Å²) in [5.41, 5.74) is 0.894. The molecular formula is C17H27ClNO3P. The van der Waals surface area contributed by atoms with Gasteiger partial charge in [-0.25, -0.2) is 0 Å². The Balaban J connectivity index is 2.28. The fraction of sp³-hybridized carbons (Fsp3) is 0.647. The predicted molar refractivity (Wildman–Crippen MR) is 95.1 cm³/mol. The van der Waals surface area contributed by atoms with Crippen LogP contribution in [-0.2, 0) is 13.6 Å². The lowest BCUT2D eigenvalue weighted by atomic mass is 9.95. The molecule has 1 aromatic rings. The molecule has 0 aromatic heterocycles. The van der Waals surface area contributed by atoms with Crippen molar-refractivity contribution in [3.05, 3.63) is 34.9 Å². The number of hydrogen-bond donors (Lipinski definition) is 1. The van der Waals surface area contributed by atoms with Crippen molar-refractivity contribution in [3.63, 3.8) is 0 Å². The molecular weight excluding hydrogens is 333 g/mol. The van der Waals surface area contributed by atoms with E-state index in [0.717, 1.165) is 18.4 Å². The third-order valence-electron chi connectivity index (χ3n) is 4.12. The quantitative estimate of drug-likeness (QED) is 0.620. The van der Waals surface area contributed by atoms with Crippen molar-refractivity contribution in [3.8, 4) is 0 Å². The maximum atomic E-state index is 13.3. The molecule has 0 saturated heterocycles. The number of hydrogen-bond acceptors (Lipinski definition) is 4. The summed E-state index contributed by atoms with van der Waals surface area (Å²) < 4.78 is 24.5. The number of rotatable bonds is 8. The molecule has 0 heterocycles. The second-order valence-electron chi connectivity index (χ2n) is 5.83. The van der Waals surface area contributed by atoms with Gasteiger partial charge in [-0.2, -0.15) is 0 Å². The van der Waals surface area contributed by atoms with Crippen LogP contribution in [0.2, 0.25) is 5.02 Å². The first-order valence-corrected chi connectivity index (χ1v) is 10.5. The van der Waals surface area contributed by atoms with E-state index < -0.39 is 13.4 Å². The Hall–Kier alpha value is -0.380. The van der Waals surface area contributed by atoms with Crippen molar-refractivity contribution in [1.82, 2.24) is 5.32 Å². The Morgan fingerprint density at radius 1 is 1.13 bits per heavy atom. The highest BCUT2D eigenvalue weighted by Crippen LogP contribution is 2.60. The lowest BCUT2D eigenvalue weighted by Gasteiger charge is -2.32. The molecule has 1 atom stereocenters. The summed E-state index contributed by atoms with van der Waals surface area (Å²) in [7, 11) is -3.29. The smallest absolute Gasteiger partial charge is 0.308 e. The Morgan fingerprint density at radius 2 is 1.70 bits per heavy atom. The molecule has 4 nitrogen and oxygen atoms in total. The summed E-state index contributed by atoms with van der Waals surface area (Å²) in [6.45, 7) is 4.39. The number of benzene rings is 1. The van der Waals surface area contributed by atoms with Gasteiger partial charge in [0, 0.05) is 11.1 Å². The molecule has 0 spiro atoms. The maximum Gasteiger partial charge on any atom is 0.351 e. The van der Waals surface area contributed by atoms with Gasteiger partial charge < -0.3 is 9.05 Å². The molecule has 0 unspecified atom stereocenters. The summed E-state index contributed by atoms with van der Waals surface area (Å²) >= 11 is 5.99. The number of halogens is 1. The summed E-state index contributed by atoms with van der Waals surface area (Å²) in [5, 5.41) is 4.21. The first-order chi connectivity index (χ1) is 11.1. The average molecular weight is 360 g/mol.